The second kappa shape index (κ2) is 3.70. The first kappa shape index (κ1) is 10.0. The average Bonchev–Trinajstić information content (AvgIpc) is 2.68. The topological polar surface area (TPSA) is 30.2 Å². The molecule has 0 aliphatic carbocycles. The fraction of sp³-hybridized carbons (Fsp3) is 0.143. The van der Waals surface area contributed by atoms with Gasteiger partial charge in [-0.15, -0.1) is 0 Å². The van der Waals surface area contributed by atoms with Crippen LogP contribution in [-0.4, -0.2) is 14.6 Å². The molecule has 0 fully saturated rings. The third-order valence-corrected chi connectivity index (χ3v) is 2.86. The molecular weight excluding hydrogens is 210 g/mol. The van der Waals surface area contributed by atoms with Gasteiger partial charge in [0.15, 0.2) is 5.65 Å². The molecule has 0 bridgehead atoms. The Labute approximate surface area is 99.7 Å². The van der Waals surface area contributed by atoms with Crippen molar-refractivity contribution in [2.45, 2.75) is 13.8 Å². The summed E-state index contributed by atoms with van der Waals surface area (Å²) in [7, 11) is 0. The van der Waals surface area contributed by atoms with E-state index < -0.39 is 0 Å². The fourth-order valence-corrected chi connectivity index (χ4v) is 2.00. The Bertz CT molecular complexity index is 683. The van der Waals surface area contributed by atoms with Crippen LogP contribution in [0.2, 0.25) is 0 Å². The summed E-state index contributed by atoms with van der Waals surface area (Å²) in [6.45, 7) is 4.07. The summed E-state index contributed by atoms with van der Waals surface area (Å²) in [5.74, 6) is 0. The molecule has 2 aromatic heterocycles. The Kier molecular flexibility index (Phi) is 2.18. The van der Waals surface area contributed by atoms with Crippen molar-refractivity contribution in [2.75, 3.05) is 0 Å². The smallest absolute Gasteiger partial charge is 0.153 e. The highest BCUT2D eigenvalue weighted by Gasteiger charge is 2.05. The predicted molar refractivity (Wildman–Crippen MR) is 67.9 cm³/mol. The molecule has 0 radical (unpaired) electrons. The zero-order valence-electron chi connectivity index (χ0n) is 9.88. The van der Waals surface area contributed by atoms with Gasteiger partial charge in [-0.25, -0.2) is 9.50 Å². The molecule has 84 valence electrons. The number of benzene rings is 1. The normalized spacial score (nSPS) is 10.9. The summed E-state index contributed by atoms with van der Waals surface area (Å²) in [5.41, 5.74) is 5.25. The predicted octanol–water partition coefficient (Wildman–Crippen LogP) is 3.01. The lowest BCUT2D eigenvalue weighted by molar-refractivity contribution is 0.940. The number of aromatic nitrogens is 3. The van der Waals surface area contributed by atoms with Gasteiger partial charge in [0.1, 0.15) is 0 Å². The van der Waals surface area contributed by atoms with E-state index in [1.165, 1.54) is 11.1 Å². The summed E-state index contributed by atoms with van der Waals surface area (Å²) < 4.78 is 1.83. The molecule has 0 saturated carbocycles. The van der Waals surface area contributed by atoms with Crippen LogP contribution in [0.1, 0.15) is 11.3 Å². The molecule has 3 rings (SSSR count). The van der Waals surface area contributed by atoms with E-state index >= 15 is 0 Å². The summed E-state index contributed by atoms with van der Waals surface area (Å²) in [6.07, 6.45) is 1.94. The highest BCUT2D eigenvalue weighted by atomic mass is 15.2. The molecule has 3 aromatic rings. The summed E-state index contributed by atoms with van der Waals surface area (Å²) in [5, 5.41) is 4.58. The first-order valence-corrected chi connectivity index (χ1v) is 5.63. The molecule has 3 nitrogen and oxygen atoms in total. The van der Waals surface area contributed by atoms with E-state index in [4.69, 9.17) is 0 Å². The average molecular weight is 223 g/mol. The van der Waals surface area contributed by atoms with Crippen LogP contribution in [0.4, 0.5) is 0 Å². The lowest BCUT2D eigenvalue weighted by Gasteiger charge is -2.04. The quantitative estimate of drug-likeness (QED) is 0.634. The van der Waals surface area contributed by atoms with Gasteiger partial charge in [-0.1, -0.05) is 24.3 Å². The van der Waals surface area contributed by atoms with Crippen LogP contribution in [0, 0.1) is 13.8 Å². The zero-order chi connectivity index (χ0) is 11.8. The highest BCUT2D eigenvalue weighted by molar-refractivity contribution is 5.64. The molecule has 0 aliphatic heterocycles. The number of hydrogen-bond acceptors (Lipinski definition) is 2. The van der Waals surface area contributed by atoms with E-state index in [9.17, 15) is 0 Å². The Balaban J connectivity index is 2.21. The Morgan fingerprint density at radius 1 is 1.00 bits per heavy atom. The molecule has 0 spiro atoms. The van der Waals surface area contributed by atoms with Crippen molar-refractivity contribution in [1.82, 2.24) is 14.6 Å². The maximum atomic E-state index is 4.58. The standard InChI is InChI=1S/C14H13N3/c1-10-5-3-4-6-12(10)13-7-8-14-15-11(2)9-17(14)16-13/h3-9H,1-2H3. The minimum Gasteiger partial charge on any atom is -0.232 e. The lowest BCUT2D eigenvalue weighted by Crippen LogP contribution is -1.94. The monoisotopic (exact) mass is 223 g/mol. The molecule has 0 amide bonds. The number of hydrogen-bond donors (Lipinski definition) is 0. The highest BCUT2D eigenvalue weighted by Crippen LogP contribution is 2.21. The Morgan fingerprint density at radius 2 is 1.82 bits per heavy atom. The fourth-order valence-electron chi connectivity index (χ4n) is 2.00. The van der Waals surface area contributed by atoms with Crippen LogP contribution in [0.3, 0.4) is 0 Å². The number of fused-ring (bicyclic) bond motifs is 1. The number of nitrogens with zero attached hydrogens (tertiary/aromatic N) is 3. The van der Waals surface area contributed by atoms with Gasteiger partial charge in [0, 0.05) is 5.56 Å². The number of aryl methyl sites for hydroxylation is 2. The molecule has 0 aliphatic rings. The molecule has 17 heavy (non-hydrogen) atoms. The number of rotatable bonds is 1. The van der Waals surface area contributed by atoms with Gasteiger partial charge in [0.05, 0.1) is 17.6 Å². The second-order valence-electron chi connectivity index (χ2n) is 4.22. The van der Waals surface area contributed by atoms with Crippen molar-refractivity contribution in [3.63, 3.8) is 0 Å². The van der Waals surface area contributed by atoms with Crippen molar-refractivity contribution in [2.24, 2.45) is 0 Å². The molecular formula is C14H13N3. The van der Waals surface area contributed by atoms with Crippen LogP contribution < -0.4 is 0 Å². The van der Waals surface area contributed by atoms with Gasteiger partial charge < -0.3 is 0 Å². The summed E-state index contributed by atoms with van der Waals surface area (Å²) in [6, 6.07) is 12.3. The SMILES string of the molecule is Cc1cn2nc(-c3ccccc3C)ccc2n1. The van der Waals surface area contributed by atoms with E-state index in [0.717, 1.165) is 17.0 Å². The van der Waals surface area contributed by atoms with Crippen molar-refractivity contribution in [3.8, 4) is 11.3 Å². The third kappa shape index (κ3) is 1.69. The van der Waals surface area contributed by atoms with Gasteiger partial charge in [0.25, 0.3) is 0 Å². The van der Waals surface area contributed by atoms with Crippen LogP contribution in [-0.2, 0) is 0 Å². The largest absolute Gasteiger partial charge is 0.232 e. The van der Waals surface area contributed by atoms with Gasteiger partial charge in [0.2, 0.25) is 0 Å². The molecule has 0 unspecified atom stereocenters. The van der Waals surface area contributed by atoms with Crippen molar-refractivity contribution < 1.29 is 0 Å². The molecule has 0 atom stereocenters. The minimum absolute atomic E-state index is 0.889. The molecule has 2 heterocycles. The second-order valence-corrected chi connectivity index (χ2v) is 4.22. The maximum absolute atomic E-state index is 4.58. The first-order chi connectivity index (χ1) is 8.24. The molecule has 3 heteroatoms. The van der Waals surface area contributed by atoms with Crippen molar-refractivity contribution in [1.29, 1.82) is 0 Å². The number of imidazole rings is 1. The molecule has 0 saturated heterocycles. The van der Waals surface area contributed by atoms with E-state index in [-0.39, 0.29) is 0 Å². The minimum atomic E-state index is 0.889. The summed E-state index contributed by atoms with van der Waals surface area (Å²) in [4.78, 5) is 4.37. The van der Waals surface area contributed by atoms with Crippen molar-refractivity contribution >= 4 is 5.65 Å². The van der Waals surface area contributed by atoms with Crippen LogP contribution in [0.25, 0.3) is 16.9 Å². The van der Waals surface area contributed by atoms with E-state index in [1.807, 2.05) is 41.9 Å². The van der Waals surface area contributed by atoms with E-state index in [2.05, 4.69) is 29.1 Å². The van der Waals surface area contributed by atoms with E-state index in [0.29, 0.717) is 0 Å². The maximum Gasteiger partial charge on any atom is 0.153 e. The van der Waals surface area contributed by atoms with Gasteiger partial charge in [-0.3, -0.25) is 0 Å². The Hall–Kier alpha value is -2.16. The lowest BCUT2D eigenvalue weighted by atomic mass is 10.1. The first-order valence-electron chi connectivity index (χ1n) is 5.63. The van der Waals surface area contributed by atoms with Gasteiger partial charge in [-0.05, 0) is 31.5 Å². The van der Waals surface area contributed by atoms with Crippen LogP contribution >= 0.6 is 0 Å². The van der Waals surface area contributed by atoms with Crippen LogP contribution in [0.15, 0.2) is 42.6 Å². The van der Waals surface area contributed by atoms with E-state index in [1.54, 1.807) is 0 Å². The zero-order valence-corrected chi connectivity index (χ0v) is 9.88. The molecule has 1 aromatic carbocycles. The van der Waals surface area contributed by atoms with Gasteiger partial charge >= 0.3 is 0 Å². The van der Waals surface area contributed by atoms with Crippen LogP contribution in [0.5, 0.6) is 0 Å². The van der Waals surface area contributed by atoms with Gasteiger partial charge in [-0.2, -0.15) is 5.10 Å². The van der Waals surface area contributed by atoms with Crippen molar-refractivity contribution in [3.05, 3.63) is 53.9 Å². The summed E-state index contributed by atoms with van der Waals surface area (Å²) >= 11 is 0. The molecule has 0 N–H and O–H groups in total. The third-order valence-electron chi connectivity index (χ3n) is 2.86. The Morgan fingerprint density at radius 3 is 2.65 bits per heavy atom.